The molecule has 0 fully saturated rings. The van der Waals surface area contributed by atoms with Crippen LogP contribution in [0.4, 0.5) is 0 Å². The zero-order valence-electron chi connectivity index (χ0n) is 11.3. The summed E-state index contributed by atoms with van der Waals surface area (Å²) in [5.74, 6) is 0. The van der Waals surface area contributed by atoms with Crippen molar-refractivity contribution in [2.24, 2.45) is 0 Å². The molecule has 0 unspecified atom stereocenters. The molecule has 2 heteroatoms. The van der Waals surface area contributed by atoms with Crippen LogP contribution in [0.15, 0.2) is 34.6 Å². The van der Waals surface area contributed by atoms with Gasteiger partial charge in [-0.3, -0.25) is 0 Å². The van der Waals surface area contributed by atoms with Crippen molar-refractivity contribution in [3.8, 4) is 0 Å². The lowest BCUT2D eigenvalue weighted by molar-refractivity contribution is 0.418. The molecule has 1 N–H and O–H groups in total. The van der Waals surface area contributed by atoms with Crippen LogP contribution in [0.1, 0.15) is 33.1 Å². The normalized spacial score (nSPS) is 21.5. The Morgan fingerprint density at radius 3 is 2.82 bits per heavy atom. The summed E-state index contributed by atoms with van der Waals surface area (Å²) in [5, 5.41) is 3.50. The minimum atomic E-state index is 1.04. The van der Waals surface area contributed by atoms with Crippen LogP contribution >= 0.6 is 0 Å². The van der Waals surface area contributed by atoms with Gasteiger partial charge in [0.1, 0.15) is 0 Å². The Bertz CT molecular complexity index is 374. The first kappa shape index (κ1) is 12.4. The highest BCUT2D eigenvalue weighted by Crippen LogP contribution is 2.27. The van der Waals surface area contributed by atoms with Crippen LogP contribution < -0.4 is 5.32 Å². The molecule has 2 heterocycles. The van der Waals surface area contributed by atoms with Crippen molar-refractivity contribution in [3.05, 3.63) is 34.6 Å². The zero-order valence-corrected chi connectivity index (χ0v) is 11.3. The lowest BCUT2D eigenvalue weighted by atomic mass is 9.93. The third-order valence-corrected chi connectivity index (χ3v) is 3.81. The molecule has 0 saturated heterocycles. The van der Waals surface area contributed by atoms with Crippen molar-refractivity contribution in [2.75, 3.05) is 26.7 Å². The van der Waals surface area contributed by atoms with Crippen LogP contribution in [0.5, 0.6) is 0 Å². The van der Waals surface area contributed by atoms with E-state index in [4.69, 9.17) is 0 Å². The minimum Gasteiger partial charge on any atom is -0.374 e. The van der Waals surface area contributed by atoms with E-state index in [-0.39, 0.29) is 0 Å². The molecule has 17 heavy (non-hydrogen) atoms. The SMILES string of the molecule is CCC1=CCN(C)C2=C(CNCC2)C(CC)=C1. The first-order valence-electron chi connectivity index (χ1n) is 6.80. The number of allylic oxidation sites excluding steroid dienone is 2. The van der Waals surface area contributed by atoms with Gasteiger partial charge in [-0.2, -0.15) is 0 Å². The molecule has 94 valence electrons. The van der Waals surface area contributed by atoms with E-state index in [1.165, 1.54) is 17.6 Å². The van der Waals surface area contributed by atoms with E-state index in [0.29, 0.717) is 0 Å². The average molecular weight is 232 g/mol. The van der Waals surface area contributed by atoms with Crippen molar-refractivity contribution >= 4 is 0 Å². The van der Waals surface area contributed by atoms with Crippen molar-refractivity contribution in [1.29, 1.82) is 0 Å². The van der Waals surface area contributed by atoms with Crippen LogP contribution in [0.25, 0.3) is 0 Å². The molecule has 0 aliphatic carbocycles. The highest BCUT2D eigenvalue weighted by molar-refractivity contribution is 5.43. The van der Waals surface area contributed by atoms with Gasteiger partial charge in [0, 0.05) is 38.8 Å². The smallest absolute Gasteiger partial charge is 0.0359 e. The van der Waals surface area contributed by atoms with Crippen LogP contribution in [0.3, 0.4) is 0 Å². The number of hydrogen-bond acceptors (Lipinski definition) is 2. The summed E-state index contributed by atoms with van der Waals surface area (Å²) in [5.41, 5.74) is 6.08. The number of hydrogen-bond donors (Lipinski definition) is 1. The van der Waals surface area contributed by atoms with Crippen LogP contribution in [-0.2, 0) is 0 Å². The summed E-state index contributed by atoms with van der Waals surface area (Å²) in [6.07, 6.45) is 8.22. The maximum absolute atomic E-state index is 3.50. The van der Waals surface area contributed by atoms with Crippen LogP contribution in [0, 0.1) is 0 Å². The maximum atomic E-state index is 3.50. The highest BCUT2D eigenvalue weighted by Gasteiger charge is 2.19. The Morgan fingerprint density at radius 2 is 2.12 bits per heavy atom. The summed E-state index contributed by atoms with van der Waals surface area (Å²) in [6.45, 7) is 7.71. The number of nitrogens with zero attached hydrogens (tertiary/aromatic N) is 1. The Kier molecular flexibility index (Phi) is 4.06. The van der Waals surface area contributed by atoms with Gasteiger partial charge in [0.2, 0.25) is 0 Å². The first-order chi connectivity index (χ1) is 8.26. The lowest BCUT2D eigenvalue weighted by Crippen LogP contribution is -2.33. The number of nitrogens with one attached hydrogen (secondary N) is 1. The monoisotopic (exact) mass is 232 g/mol. The van der Waals surface area contributed by atoms with E-state index < -0.39 is 0 Å². The van der Waals surface area contributed by atoms with Gasteiger partial charge in [-0.05, 0) is 24.0 Å². The minimum absolute atomic E-state index is 1.04. The zero-order chi connectivity index (χ0) is 12.3. The van der Waals surface area contributed by atoms with Gasteiger partial charge in [-0.1, -0.05) is 31.6 Å². The molecule has 0 radical (unpaired) electrons. The number of likely N-dealkylation sites (N-methyl/N-ethyl adjacent to an activating group) is 1. The molecular weight excluding hydrogens is 208 g/mol. The van der Waals surface area contributed by atoms with E-state index in [0.717, 1.165) is 32.5 Å². The molecule has 2 aliphatic heterocycles. The van der Waals surface area contributed by atoms with E-state index >= 15 is 0 Å². The fourth-order valence-electron chi connectivity index (χ4n) is 2.69. The van der Waals surface area contributed by atoms with Crippen molar-refractivity contribution in [2.45, 2.75) is 33.1 Å². The Labute approximate surface area is 105 Å². The summed E-state index contributed by atoms with van der Waals surface area (Å²) in [6, 6.07) is 0. The average Bonchev–Trinajstić information content (AvgIpc) is 2.37. The summed E-state index contributed by atoms with van der Waals surface area (Å²) < 4.78 is 0. The molecule has 0 aromatic heterocycles. The van der Waals surface area contributed by atoms with Crippen molar-refractivity contribution < 1.29 is 0 Å². The molecule has 0 aromatic rings. The van der Waals surface area contributed by atoms with Crippen LogP contribution in [-0.4, -0.2) is 31.6 Å². The standard InChI is InChI=1S/C15H24N2/c1-4-12-7-9-17(3)15-6-8-16-11-14(15)13(5-2)10-12/h7,10,16H,4-6,8-9,11H2,1-3H3. The molecule has 0 saturated carbocycles. The molecule has 0 spiro atoms. The second-order valence-corrected chi connectivity index (χ2v) is 4.89. The third-order valence-electron chi connectivity index (χ3n) is 3.81. The van der Waals surface area contributed by atoms with E-state index in [1.54, 1.807) is 11.3 Å². The maximum Gasteiger partial charge on any atom is 0.0359 e. The summed E-state index contributed by atoms with van der Waals surface area (Å²) in [7, 11) is 2.23. The fourth-order valence-corrected chi connectivity index (χ4v) is 2.69. The van der Waals surface area contributed by atoms with Crippen molar-refractivity contribution in [1.82, 2.24) is 10.2 Å². The van der Waals surface area contributed by atoms with Gasteiger partial charge in [-0.25, -0.2) is 0 Å². The molecule has 0 aromatic carbocycles. The first-order valence-corrected chi connectivity index (χ1v) is 6.80. The molecule has 0 amide bonds. The van der Waals surface area contributed by atoms with Gasteiger partial charge in [0.15, 0.2) is 0 Å². The largest absolute Gasteiger partial charge is 0.374 e. The summed E-state index contributed by atoms with van der Waals surface area (Å²) >= 11 is 0. The summed E-state index contributed by atoms with van der Waals surface area (Å²) in [4.78, 5) is 2.43. The molecule has 0 atom stereocenters. The second kappa shape index (κ2) is 5.54. The van der Waals surface area contributed by atoms with Gasteiger partial charge in [-0.15, -0.1) is 0 Å². The molecular formula is C15H24N2. The third kappa shape index (κ3) is 2.63. The van der Waals surface area contributed by atoms with E-state index in [9.17, 15) is 0 Å². The predicted molar refractivity (Wildman–Crippen MR) is 73.9 cm³/mol. The van der Waals surface area contributed by atoms with Gasteiger partial charge < -0.3 is 10.2 Å². The highest BCUT2D eigenvalue weighted by atomic mass is 15.1. The fraction of sp³-hybridized carbons (Fsp3) is 0.600. The van der Waals surface area contributed by atoms with Crippen molar-refractivity contribution in [3.63, 3.8) is 0 Å². The quantitative estimate of drug-likeness (QED) is 0.787. The van der Waals surface area contributed by atoms with Crippen LogP contribution in [0.2, 0.25) is 0 Å². The second-order valence-electron chi connectivity index (χ2n) is 4.89. The van der Waals surface area contributed by atoms with Gasteiger partial charge in [0.25, 0.3) is 0 Å². The Hall–Kier alpha value is -1.02. The molecule has 2 nitrogen and oxygen atoms in total. The molecule has 0 bridgehead atoms. The van der Waals surface area contributed by atoms with Gasteiger partial charge in [0.05, 0.1) is 0 Å². The Balaban J connectivity index is 2.43. The van der Waals surface area contributed by atoms with E-state index in [1.807, 2.05) is 0 Å². The topological polar surface area (TPSA) is 15.3 Å². The number of rotatable bonds is 2. The predicted octanol–water partition coefficient (Wildman–Crippen LogP) is 2.85. The lowest BCUT2D eigenvalue weighted by Gasteiger charge is -2.31. The Morgan fingerprint density at radius 1 is 1.29 bits per heavy atom. The molecule has 2 aliphatic rings. The van der Waals surface area contributed by atoms with Gasteiger partial charge >= 0.3 is 0 Å². The molecule has 2 rings (SSSR count). The van der Waals surface area contributed by atoms with E-state index in [2.05, 4.69) is 43.3 Å².